The van der Waals surface area contributed by atoms with E-state index in [9.17, 15) is 26.4 Å². The lowest BCUT2D eigenvalue weighted by Gasteiger charge is -2.15. The maximum Gasteiger partial charge on any atom is 0.340 e. The second-order valence-electron chi connectivity index (χ2n) is 7.21. The first-order valence-corrected chi connectivity index (χ1v) is 11.5. The molecule has 0 aromatic heterocycles. The number of benzene rings is 3. The first kappa shape index (κ1) is 24.8. The molecule has 3 rings (SSSR count). The average Bonchev–Trinajstić information content (AvgIpc) is 2.79. The third kappa shape index (κ3) is 5.93. The van der Waals surface area contributed by atoms with Crippen LogP contribution in [0.5, 0.6) is 0 Å². The Hall–Kier alpha value is -3.86. The molecule has 0 atom stereocenters. The van der Waals surface area contributed by atoms with E-state index >= 15 is 0 Å². The molecule has 7 nitrogen and oxygen atoms in total. The van der Waals surface area contributed by atoms with Crippen molar-refractivity contribution < 1.29 is 31.1 Å². The summed E-state index contributed by atoms with van der Waals surface area (Å²) in [5.41, 5.74) is -0.721. The molecule has 2 N–H and O–H groups in total. The quantitative estimate of drug-likeness (QED) is 0.277. The Morgan fingerprint density at radius 2 is 1.76 bits per heavy atom. The number of aryl methyl sites for hydroxylation is 1. The zero-order valence-corrected chi connectivity index (χ0v) is 18.9. The number of esters is 1. The molecular formula is C23H20F3N3O4S. The minimum Gasteiger partial charge on any atom is -0.465 e. The van der Waals surface area contributed by atoms with Crippen LogP contribution in [0.3, 0.4) is 0 Å². The van der Waals surface area contributed by atoms with Gasteiger partial charge in [-0.3, -0.25) is 0 Å². The van der Waals surface area contributed by atoms with E-state index in [0.29, 0.717) is 17.3 Å². The molecule has 3 aromatic rings. The molecule has 0 fully saturated rings. The van der Waals surface area contributed by atoms with Gasteiger partial charge in [-0.05, 0) is 36.2 Å². The van der Waals surface area contributed by atoms with Crippen LogP contribution in [0.25, 0.3) is 0 Å². The van der Waals surface area contributed by atoms with Crippen molar-refractivity contribution in [2.24, 2.45) is 5.10 Å². The lowest BCUT2D eigenvalue weighted by molar-refractivity contribution is 0.0601. The maximum atomic E-state index is 14.9. The van der Waals surface area contributed by atoms with Crippen molar-refractivity contribution in [3.8, 4) is 0 Å². The third-order valence-electron chi connectivity index (χ3n) is 4.62. The molecule has 0 aliphatic heterocycles. The highest BCUT2D eigenvalue weighted by Crippen LogP contribution is 2.30. The molecule has 178 valence electrons. The van der Waals surface area contributed by atoms with Crippen LogP contribution in [0.4, 0.5) is 24.5 Å². The Balaban J connectivity index is 1.91. The van der Waals surface area contributed by atoms with Gasteiger partial charge < -0.3 is 10.1 Å². The standard InChI is InChI=1S/C23H20F3N3O4S/c1-14-8-9-19(18(24)10-14)28-22-17(23(30)33-2)11-16(20(25)21(22)26)12-27-29-34(31,32)13-15-6-4-3-5-7-15/h3-12,28-29H,13H2,1-2H3/b27-12+. The molecule has 0 radical (unpaired) electrons. The lowest BCUT2D eigenvalue weighted by Crippen LogP contribution is -2.20. The monoisotopic (exact) mass is 491 g/mol. The summed E-state index contributed by atoms with van der Waals surface area (Å²) in [6, 6.07) is 13.2. The molecule has 3 aromatic carbocycles. The molecule has 0 saturated heterocycles. The number of hydrazone groups is 1. The molecule has 0 saturated carbocycles. The predicted molar refractivity (Wildman–Crippen MR) is 122 cm³/mol. The lowest BCUT2D eigenvalue weighted by atomic mass is 10.1. The Morgan fingerprint density at radius 1 is 1.06 bits per heavy atom. The Kier molecular flexibility index (Phi) is 7.57. The molecule has 0 unspecified atom stereocenters. The molecule has 0 amide bonds. The minimum atomic E-state index is -3.93. The second kappa shape index (κ2) is 10.4. The van der Waals surface area contributed by atoms with Gasteiger partial charge in [0.05, 0.1) is 36.0 Å². The van der Waals surface area contributed by atoms with Crippen molar-refractivity contribution in [3.63, 3.8) is 0 Å². The van der Waals surface area contributed by atoms with E-state index in [4.69, 9.17) is 0 Å². The van der Waals surface area contributed by atoms with E-state index in [-0.39, 0.29) is 11.4 Å². The fourth-order valence-electron chi connectivity index (χ4n) is 2.99. The van der Waals surface area contributed by atoms with E-state index < -0.39 is 50.3 Å². The summed E-state index contributed by atoms with van der Waals surface area (Å²) in [5.74, 6) is -5.10. The van der Waals surface area contributed by atoms with E-state index in [2.05, 4.69) is 15.2 Å². The van der Waals surface area contributed by atoms with Gasteiger partial charge in [0, 0.05) is 5.56 Å². The van der Waals surface area contributed by atoms with E-state index in [1.54, 1.807) is 43.3 Å². The summed E-state index contributed by atoms with van der Waals surface area (Å²) >= 11 is 0. The molecule has 11 heteroatoms. The molecule has 0 aliphatic carbocycles. The number of ether oxygens (including phenoxy) is 1. The predicted octanol–water partition coefficient (Wildman–Crippen LogP) is 4.40. The first-order valence-electron chi connectivity index (χ1n) is 9.81. The molecule has 0 heterocycles. The van der Waals surface area contributed by atoms with Crippen LogP contribution in [0.2, 0.25) is 0 Å². The summed E-state index contributed by atoms with van der Waals surface area (Å²) < 4.78 is 72.8. The molecular weight excluding hydrogens is 471 g/mol. The van der Waals surface area contributed by atoms with Gasteiger partial charge in [0.1, 0.15) is 5.82 Å². The van der Waals surface area contributed by atoms with Crippen molar-refractivity contribution in [2.75, 3.05) is 12.4 Å². The summed E-state index contributed by atoms with van der Waals surface area (Å²) in [6.07, 6.45) is 0.712. The number of anilines is 2. The Bertz CT molecular complexity index is 1350. The summed E-state index contributed by atoms with van der Waals surface area (Å²) in [6.45, 7) is 1.65. The highest BCUT2D eigenvalue weighted by atomic mass is 32.2. The minimum absolute atomic E-state index is 0.191. The second-order valence-corrected chi connectivity index (χ2v) is 8.91. The fourth-order valence-corrected chi connectivity index (χ4v) is 3.90. The molecule has 0 aliphatic rings. The van der Waals surface area contributed by atoms with Gasteiger partial charge in [-0.25, -0.2) is 31.2 Å². The van der Waals surface area contributed by atoms with Crippen LogP contribution >= 0.6 is 0 Å². The average molecular weight is 491 g/mol. The summed E-state index contributed by atoms with van der Waals surface area (Å²) in [7, 11) is -2.89. The number of sulfonamides is 1. The normalized spacial score (nSPS) is 11.4. The smallest absolute Gasteiger partial charge is 0.340 e. The van der Waals surface area contributed by atoms with Crippen molar-refractivity contribution in [2.45, 2.75) is 12.7 Å². The zero-order chi connectivity index (χ0) is 24.9. The number of methoxy groups -OCH3 is 1. The van der Waals surface area contributed by atoms with Crippen LogP contribution in [0, 0.1) is 24.4 Å². The van der Waals surface area contributed by atoms with Crippen molar-refractivity contribution in [1.29, 1.82) is 0 Å². The maximum absolute atomic E-state index is 14.9. The van der Waals surface area contributed by atoms with Crippen LogP contribution < -0.4 is 10.1 Å². The van der Waals surface area contributed by atoms with Crippen LogP contribution in [-0.2, 0) is 20.5 Å². The zero-order valence-electron chi connectivity index (χ0n) is 18.1. The van der Waals surface area contributed by atoms with Gasteiger partial charge in [0.2, 0.25) is 0 Å². The van der Waals surface area contributed by atoms with Crippen LogP contribution in [-0.4, -0.2) is 27.7 Å². The number of hydrogen-bond acceptors (Lipinski definition) is 6. The summed E-state index contributed by atoms with van der Waals surface area (Å²) in [4.78, 5) is 14.1. The van der Waals surface area contributed by atoms with Gasteiger partial charge in [-0.1, -0.05) is 36.4 Å². The van der Waals surface area contributed by atoms with Crippen molar-refractivity contribution in [1.82, 2.24) is 4.83 Å². The van der Waals surface area contributed by atoms with Crippen LogP contribution in [0.15, 0.2) is 59.7 Å². The van der Waals surface area contributed by atoms with E-state index in [1.807, 2.05) is 4.83 Å². The molecule has 0 spiro atoms. The Morgan fingerprint density at radius 3 is 2.41 bits per heavy atom. The van der Waals surface area contributed by atoms with Gasteiger partial charge in [-0.15, -0.1) is 0 Å². The van der Waals surface area contributed by atoms with E-state index in [0.717, 1.165) is 13.2 Å². The summed E-state index contributed by atoms with van der Waals surface area (Å²) in [5, 5.41) is 5.85. The highest BCUT2D eigenvalue weighted by Gasteiger charge is 2.24. The van der Waals surface area contributed by atoms with Gasteiger partial charge in [0.15, 0.2) is 11.6 Å². The van der Waals surface area contributed by atoms with Crippen molar-refractivity contribution in [3.05, 3.63) is 94.3 Å². The number of nitrogens with zero attached hydrogens (tertiary/aromatic N) is 1. The third-order valence-corrected chi connectivity index (χ3v) is 5.72. The molecule has 34 heavy (non-hydrogen) atoms. The molecule has 0 bridgehead atoms. The van der Waals surface area contributed by atoms with E-state index in [1.165, 1.54) is 12.1 Å². The topological polar surface area (TPSA) is 96.9 Å². The van der Waals surface area contributed by atoms with Crippen molar-refractivity contribution >= 4 is 33.6 Å². The fraction of sp³-hybridized carbons (Fsp3) is 0.130. The number of hydrogen-bond donors (Lipinski definition) is 2. The number of rotatable bonds is 8. The SMILES string of the molecule is COC(=O)c1cc(/C=N/NS(=O)(=O)Cc2ccccc2)c(F)c(F)c1Nc1ccc(C)cc1F. The van der Waals surface area contributed by atoms with Gasteiger partial charge in [-0.2, -0.15) is 5.10 Å². The number of halogens is 3. The number of nitrogens with one attached hydrogen (secondary N) is 2. The Labute approximate surface area is 194 Å². The van der Waals surface area contributed by atoms with Crippen LogP contribution in [0.1, 0.15) is 27.0 Å². The highest BCUT2D eigenvalue weighted by molar-refractivity contribution is 7.88. The first-order chi connectivity index (χ1) is 16.1. The van der Waals surface area contributed by atoms with Gasteiger partial charge >= 0.3 is 5.97 Å². The number of carbonyl (C=O) groups is 1. The number of carbonyl (C=O) groups excluding carboxylic acids is 1. The largest absolute Gasteiger partial charge is 0.465 e. The van der Waals surface area contributed by atoms with Gasteiger partial charge in [0.25, 0.3) is 10.0 Å².